The summed E-state index contributed by atoms with van der Waals surface area (Å²) < 4.78 is 0. The summed E-state index contributed by atoms with van der Waals surface area (Å²) in [4.78, 5) is 11.6. The molecule has 1 amide bonds. The van der Waals surface area contributed by atoms with Crippen LogP contribution in [0.3, 0.4) is 0 Å². The molecule has 0 saturated carbocycles. The molecule has 0 aromatic heterocycles. The van der Waals surface area contributed by atoms with E-state index in [0.717, 1.165) is 11.3 Å². The third kappa shape index (κ3) is 3.75. The second kappa shape index (κ2) is 6.03. The van der Waals surface area contributed by atoms with E-state index in [-0.39, 0.29) is 5.91 Å². The molecule has 2 rings (SSSR count). The van der Waals surface area contributed by atoms with E-state index in [1.807, 2.05) is 42.5 Å². The van der Waals surface area contributed by atoms with Crippen molar-refractivity contribution in [1.29, 1.82) is 0 Å². The predicted molar refractivity (Wildman–Crippen MR) is 75.6 cm³/mol. The maximum absolute atomic E-state index is 11.6. The molecule has 0 aliphatic rings. The van der Waals surface area contributed by atoms with Gasteiger partial charge in [0, 0.05) is 16.8 Å². The summed E-state index contributed by atoms with van der Waals surface area (Å²) in [7, 11) is 0. The van der Waals surface area contributed by atoms with Crippen LogP contribution in [-0.4, -0.2) is 5.91 Å². The van der Waals surface area contributed by atoms with Gasteiger partial charge in [-0.2, -0.15) is 0 Å². The van der Waals surface area contributed by atoms with Crippen LogP contribution in [0.15, 0.2) is 60.7 Å². The Bertz CT molecular complexity index is 564. The Hall–Kier alpha value is -2.06. The first kappa shape index (κ1) is 12.4. The van der Waals surface area contributed by atoms with E-state index < -0.39 is 0 Å². The Kier molecular flexibility index (Phi) is 4.15. The van der Waals surface area contributed by atoms with Crippen LogP contribution in [0.5, 0.6) is 0 Å². The first-order chi connectivity index (χ1) is 8.74. The molecule has 0 saturated heterocycles. The van der Waals surface area contributed by atoms with Gasteiger partial charge in [-0.1, -0.05) is 41.9 Å². The Morgan fingerprint density at radius 2 is 1.83 bits per heavy atom. The molecule has 0 aliphatic carbocycles. The highest BCUT2D eigenvalue weighted by Crippen LogP contribution is 2.12. The number of halogens is 1. The molecule has 0 fully saturated rings. The van der Waals surface area contributed by atoms with Gasteiger partial charge in [0.25, 0.3) is 0 Å². The molecule has 0 bridgehead atoms. The third-order valence-corrected chi connectivity index (χ3v) is 2.55. The molecule has 0 spiro atoms. The van der Waals surface area contributed by atoms with E-state index >= 15 is 0 Å². The van der Waals surface area contributed by atoms with E-state index in [2.05, 4.69) is 5.32 Å². The van der Waals surface area contributed by atoms with E-state index in [1.165, 1.54) is 6.08 Å². The van der Waals surface area contributed by atoms with Crippen molar-refractivity contribution in [2.45, 2.75) is 0 Å². The van der Waals surface area contributed by atoms with E-state index in [9.17, 15) is 4.79 Å². The quantitative estimate of drug-likeness (QED) is 0.828. The zero-order chi connectivity index (χ0) is 12.8. The van der Waals surface area contributed by atoms with Crippen LogP contribution in [-0.2, 0) is 4.79 Å². The fourth-order valence-corrected chi connectivity index (χ4v) is 1.69. The minimum atomic E-state index is -0.166. The van der Waals surface area contributed by atoms with Crippen LogP contribution in [0.25, 0.3) is 6.08 Å². The number of hydrogen-bond acceptors (Lipinski definition) is 1. The standard InChI is InChI=1S/C15H12ClNO/c16-13-6-4-5-12(11-13)9-10-15(18)17-14-7-2-1-3-8-14/h1-11H,(H,17,18). The monoisotopic (exact) mass is 257 g/mol. The van der Waals surface area contributed by atoms with Gasteiger partial charge in [0.05, 0.1) is 0 Å². The van der Waals surface area contributed by atoms with E-state index in [1.54, 1.807) is 18.2 Å². The predicted octanol–water partition coefficient (Wildman–Crippen LogP) is 3.99. The molecule has 18 heavy (non-hydrogen) atoms. The Labute approximate surface area is 111 Å². The number of carbonyl (C=O) groups excluding carboxylic acids is 1. The van der Waals surface area contributed by atoms with Crippen LogP contribution >= 0.6 is 11.6 Å². The minimum Gasteiger partial charge on any atom is -0.323 e. The summed E-state index contributed by atoms with van der Waals surface area (Å²) in [5.41, 5.74) is 1.67. The summed E-state index contributed by atoms with van der Waals surface area (Å²) >= 11 is 5.86. The van der Waals surface area contributed by atoms with Crippen molar-refractivity contribution in [3.63, 3.8) is 0 Å². The molecule has 0 atom stereocenters. The number of hydrogen-bond donors (Lipinski definition) is 1. The number of carbonyl (C=O) groups is 1. The fourth-order valence-electron chi connectivity index (χ4n) is 1.49. The van der Waals surface area contributed by atoms with Gasteiger partial charge in [-0.25, -0.2) is 0 Å². The first-order valence-electron chi connectivity index (χ1n) is 5.54. The van der Waals surface area contributed by atoms with Gasteiger partial charge in [0.15, 0.2) is 0 Å². The van der Waals surface area contributed by atoms with Crippen molar-refractivity contribution in [2.75, 3.05) is 5.32 Å². The number of anilines is 1. The topological polar surface area (TPSA) is 29.1 Å². The van der Waals surface area contributed by atoms with Gasteiger partial charge in [-0.3, -0.25) is 4.79 Å². The van der Waals surface area contributed by atoms with Gasteiger partial charge >= 0.3 is 0 Å². The van der Waals surface area contributed by atoms with Gasteiger partial charge in [-0.05, 0) is 35.9 Å². The number of rotatable bonds is 3. The molecule has 0 heterocycles. The molecular weight excluding hydrogens is 246 g/mol. The SMILES string of the molecule is O=C(C=Cc1cccc(Cl)c1)Nc1ccccc1. The van der Waals surface area contributed by atoms with Gasteiger partial charge in [-0.15, -0.1) is 0 Å². The zero-order valence-electron chi connectivity index (χ0n) is 9.64. The summed E-state index contributed by atoms with van der Waals surface area (Å²) in [6, 6.07) is 16.6. The van der Waals surface area contributed by atoms with Gasteiger partial charge in [0.1, 0.15) is 0 Å². The number of nitrogens with one attached hydrogen (secondary N) is 1. The van der Waals surface area contributed by atoms with Crippen LogP contribution in [0, 0.1) is 0 Å². The van der Waals surface area contributed by atoms with Crippen molar-refractivity contribution < 1.29 is 4.79 Å². The minimum absolute atomic E-state index is 0.166. The normalized spacial score (nSPS) is 10.5. The zero-order valence-corrected chi connectivity index (χ0v) is 10.4. The number of benzene rings is 2. The fraction of sp³-hybridized carbons (Fsp3) is 0. The van der Waals surface area contributed by atoms with Gasteiger partial charge in [0.2, 0.25) is 5.91 Å². The molecule has 0 unspecified atom stereocenters. The average molecular weight is 258 g/mol. The maximum atomic E-state index is 11.6. The van der Waals surface area contributed by atoms with Crippen molar-refractivity contribution >= 4 is 29.3 Å². The summed E-state index contributed by atoms with van der Waals surface area (Å²) in [6.07, 6.45) is 3.21. The van der Waals surface area contributed by atoms with Crippen molar-refractivity contribution in [3.8, 4) is 0 Å². The van der Waals surface area contributed by atoms with Crippen LogP contribution in [0.1, 0.15) is 5.56 Å². The third-order valence-electron chi connectivity index (χ3n) is 2.32. The Balaban J connectivity index is 1.99. The maximum Gasteiger partial charge on any atom is 0.248 e. The van der Waals surface area contributed by atoms with Crippen LogP contribution < -0.4 is 5.32 Å². The van der Waals surface area contributed by atoms with Crippen molar-refractivity contribution in [3.05, 3.63) is 71.3 Å². The lowest BCUT2D eigenvalue weighted by atomic mass is 10.2. The summed E-state index contributed by atoms with van der Waals surface area (Å²) in [5, 5.41) is 3.42. The lowest BCUT2D eigenvalue weighted by Crippen LogP contribution is -2.07. The highest BCUT2D eigenvalue weighted by atomic mass is 35.5. The molecule has 2 aromatic rings. The second-order valence-corrected chi connectivity index (χ2v) is 4.18. The lowest BCUT2D eigenvalue weighted by Gasteiger charge is -2.00. The molecule has 2 aromatic carbocycles. The molecule has 2 nitrogen and oxygen atoms in total. The Morgan fingerprint density at radius 1 is 1.06 bits per heavy atom. The van der Waals surface area contributed by atoms with Crippen LogP contribution in [0.4, 0.5) is 5.69 Å². The highest BCUT2D eigenvalue weighted by molar-refractivity contribution is 6.30. The lowest BCUT2D eigenvalue weighted by molar-refractivity contribution is -0.111. The van der Waals surface area contributed by atoms with Crippen LogP contribution in [0.2, 0.25) is 5.02 Å². The Morgan fingerprint density at radius 3 is 2.56 bits per heavy atom. The molecule has 1 N–H and O–H groups in total. The molecule has 0 aliphatic heterocycles. The van der Waals surface area contributed by atoms with Crippen molar-refractivity contribution in [2.24, 2.45) is 0 Å². The first-order valence-corrected chi connectivity index (χ1v) is 5.91. The average Bonchev–Trinajstić information content (AvgIpc) is 2.38. The highest BCUT2D eigenvalue weighted by Gasteiger charge is 1.96. The summed E-state index contributed by atoms with van der Waals surface area (Å²) in [5.74, 6) is -0.166. The van der Waals surface area contributed by atoms with E-state index in [0.29, 0.717) is 5.02 Å². The van der Waals surface area contributed by atoms with E-state index in [4.69, 9.17) is 11.6 Å². The number of para-hydroxylation sites is 1. The molecule has 0 radical (unpaired) electrons. The molecular formula is C15H12ClNO. The summed E-state index contributed by atoms with van der Waals surface area (Å²) in [6.45, 7) is 0. The molecule has 3 heteroatoms. The smallest absolute Gasteiger partial charge is 0.248 e. The van der Waals surface area contributed by atoms with Gasteiger partial charge < -0.3 is 5.32 Å². The number of amides is 1. The largest absolute Gasteiger partial charge is 0.323 e. The second-order valence-electron chi connectivity index (χ2n) is 3.74. The molecule has 90 valence electrons. The van der Waals surface area contributed by atoms with Crippen molar-refractivity contribution in [1.82, 2.24) is 0 Å².